The summed E-state index contributed by atoms with van der Waals surface area (Å²) in [7, 11) is 0. The molecule has 1 saturated carbocycles. The monoisotopic (exact) mass is 266 g/mol. The highest BCUT2D eigenvalue weighted by molar-refractivity contribution is 5.50. The molecule has 1 aliphatic carbocycles. The van der Waals surface area contributed by atoms with Gasteiger partial charge in [-0.25, -0.2) is 0 Å². The van der Waals surface area contributed by atoms with Gasteiger partial charge >= 0.3 is 5.69 Å². The first-order valence-electron chi connectivity index (χ1n) is 6.43. The highest BCUT2D eigenvalue weighted by atomic mass is 16.6. The summed E-state index contributed by atoms with van der Waals surface area (Å²) in [6.07, 6.45) is 2.54. The lowest BCUT2D eigenvalue weighted by Crippen LogP contribution is -2.43. The zero-order valence-corrected chi connectivity index (χ0v) is 10.9. The molecule has 19 heavy (non-hydrogen) atoms. The van der Waals surface area contributed by atoms with Gasteiger partial charge in [-0.1, -0.05) is 6.92 Å². The van der Waals surface area contributed by atoms with Gasteiger partial charge < -0.3 is 15.2 Å². The summed E-state index contributed by atoms with van der Waals surface area (Å²) in [5.41, 5.74) is 5.65. The van der Waals surface area contributed by atoms with Crippen molar-refractivity contribution in [3.63, 3.8) is 0 Å². The largest absolute Gasteiger partial charge is 0.490 e. The second-order valence-electron chi connectivity index (χ2n) is 4.71. The predicted molar refractivity (Wildman–Crippen MR) is 70.5 cm³/mol. The van der Waals surface area contributed by atoms with Gasteiger partial charge in [-0.2, -0.15) is 0 Å². The van der Waals surface area contributed by atoms with Crippen LogP contribution in [0.3, 0.4) is 0 Å². The summed E-state index contributed by atoms with van der Waals surface area (Å²) in [5, 5.41) is 10.9. The number of benzene rings is 1. The van der Waals surface area contributed by atoms with Crippen molar-refractivity contribution in [3.05, 3.63) is 28.3 Å². The van der Waals surface area contributed by atoms with Crippen LogP contribution in [0.15, 0.2) is 18.2 Å². The molecule has 0 saturated heterocycles. The lowest BCUT2D eigenvalue weighted by atomic mass is 9.90. The minimum atomic E-state index is -0.450. The SMILES string of the molecule is CCCOc1cc(OC2CC(N)C2)ccc1[N+](=O)[O-]. The summed E-state index contributed by atoms with van der Waals surface area (Å²) >= 11 is 0. The summed E-state index contributed by atoms with van der Waals surface area (Å²) in [6.45, 7) is 2.39. The molecular formula is C13H18N2O4. The van der Waals surface area contributed by atoms with Crippen LogP contribution in [0, 0.1) is 10.1 Å². The molecule has 0 radical (unpaired) electrons. The van der Waals surface area contributed by atoms with E-state index < -0.39 is 4.92 Å². The standard InChI is InChI=1S/C13H18N2O4/c1-2-5-18-13-8-10(3-4-12(13)15(16)17)19-11-6-9(14)7-11/h3-4,8-9,11H,2,5-7,14H2,1H3. The van der Waals surface area contributed by atoms with Gasteiger partial charge in [0.05, 0.1) is 11.5 Å². The summed E-state index contributed by atoms with van der Waals surface area (Å²) in [5.74, 6) is 0.849. The molecule has 1 aromatic rings. The fourth-order valence-electron chi connectivity index (χ4n) is 1.94. The predicted octanol–water partition coefficient (Wildman–Crippen LogP) is 2.25. The van der Waals surface area contributed by atoms with Gasteiger partial charge in [0.25, 0.3) is 0 Å². The highest BCUT2D eigenvalue weighted by Gasteiger charge is 2.28. The first kappa shape index (κ1) is 13.6. The lowest BCUT2D eigenvalue weighted by Gasteiger charge is -2.32. The minimum absolute atomic E-state index is 0.0360. The van der Waals surface area contributed by atoms with Crippen molar-refractivity contribution in [3.8, 4) is 11.5 Å². The molecule has 1 fully saturated rings. The molecule has 0 amide bonds. The number of hydrogen-bond acceptors (Lipinski definition) is 5. The maximum atomic E-state index is 10.9. The molecule has 0 unspecified atom stereocenters. The Morgan fingerprint density at radius 1 is 1.47 bits per heavy atom. The van der Waals surface area contributed by atoms with Crippen LogP contribution in [-0.2, 0) is 0 Å². The van der Waals surface area contributed by atoms with E-state index in [0.29, 0.717) is 12.4 Å². The number of nitro groups is 1. The molecular weight excluding hydrogens is 248 g/mol. The van der Waals surface area contributed by atoms with E-state index in [0.717, 1.165) is 19.3 Å². The number of rotatable bonds is 6. The molecule has 2 N–H and O–H groups in total. The van der Waals surface area contributed by atoms with E-state index >= 15 is 0 Å². The van der Waals surface area contributed by atoms with Crippen molar-refractivity contribution in [2.45, 2.75) is 38.3 Å². The summed E-state index contributed by atoms with van der Waals surface area (Å²) < 4.78 is 11.1. The molecule has 1 aliphatic rings. The molecule has 6 nitrogen and oxygen atoms in total. The molecule has 0 spiro atoms. The maximum absolute atomic E-state index is 10.9. The van der Waals surface area contributed by atoms with E-state index in [1.54, 1.807) is 12.1 Å². The van der Waals surface area contributed by atoms with Crippen LogP contribution < -0.4 is 15.2 Å². The maximum Gasteiger partial charge on any atom is 0.311 e. The molecule has 0 atom stereocenters. The van der Waals surface area contributed by atoms with E-state index in [9.17, 15) is 10.1 Å². The van der Waals surface area contributed by atoms with Gasteiger partial charge in [-0.05, 0) is 25.3 Å². The first-order chi connectivity index (χ1) is 9.10. The van der Waals surface area contributed by atoms with E-state index in [1.807, 2.05) is 6.92 Å². The fraction of sp³-hybridized carbons (Fsp3) is 0.538. The smallest absolute Gasteiger partial charge is 0.311 e. The third-order valence-electron chi connectivity index (χ3n) is 3.02. The third kappa shape index (κ3) is 3.35. The van der Waals surface area contributed by atoms with Crippen molar-refractivity contribution < 1.29 is 14.4 Å². The number of nitrogens with zero attached hydrogens (tertiary/aromatic N) is 1. The van der Waals surface area contributed by atoms with Crippen molar-refractivity contribution in [1.82, 2.24) is 0 Å². The topological polar surface area (TPSA) is 87.6 Å². The number of hydrogen-bond donors (Lipinski definition) is 1. The highest BCUT2D eigenvalue weighted by Crippen LogP contribution is 2.33. The van der Waals surface area contributed by atoms with Crippen molar-refractivity contribution in [1.29, 1.82) is 0 Å². The zero-order valence-electron chi connectivity index (χ0n) is 10.9. The van der Waals surface area contributed by atoms with Crippen LogP contribution in [0.4, 0.5) is 5.69 Å². The molecule has 0 aromatic heterocycles. The van der Waals surface area contributed by atoms with E-state index in [-0.39, 0.29) is 23.6 Å². The Balaban J connectivity index is 2.10. The second-order valence-corrected chi connectivity index (χ2v) is 4.71. The van der Waals surface area contributed by atoms with Gasteiger partial charge in [0.1, 0.15) is 11.9 Å². The zero-order chi connectivity index (χ0) is 13.8. The normalized spacial score (nSPS) is 21.6. The van der Waals surface area contributed by atoms with Crippen molar-refractivity contribution in [2.24, 2.45) is 5.73 Å². The summed E-state index contributed by atoms with van der Waals surface area (Å²) in [4.78, 5) is 10.4. The number of nitro benzene ring substituents is 1. The van der Waals surface area contributed by atoms with Crippen LogP contribution in [-0.4, -0.2) is 23.7 Å². The van der Waals surface area contributed by atoms with Gasteiger partial charge in [0.15, 0.2) is 0 Å². The quantitative estimate of drug-likeness (QED) is 0.630. The molecule has 0 aliphatic heterocycles. The minimum Gasteiger partial charge on any atom is -0.490 e. The fourth-order valence-corrected chi connectivity index (χ4v) is 1.94. The molecule has 1 aromatic carbocycles. The third-order valence-corrected chi connectivity index (χ3v) is 3.02. The number of ether oxygens (including phenoxy) is 2. The van der Waals surface area contributed by atoms with Gasteiger partial charge in [-0.3, -0.25) is 10.1 Å². The molecule has 6 heteroatoms. The first-order valence-corrected chi connectivity index (χ1v) is 6.43. The molecule has 0 heterocycles. The Morgan fingerprint density at radius 2 is 2.21 bits per heavy atom. The van der Waals surface area contributed by atoms with E-state index in [2.05, 4.69) is 0 Å². The average Bonchev–Trinajstić information content (AvgIpc) is 2.34. The Kier molecular flexibility index (Phi) is 4.21. The van der Waals surface area contributed by atoms with Crippen LogP contribution >= 0.6 is 0 Å². The molecule has 104 valence electrons. The molecule has 2 rings (SSSR count). The van der Waals surface area contributed by atoms with Gasteiger partial charge in [0, 0.05) is 18.2 Å². The van der Waals surface area contributed by atoms with Crippen LogP contribution in [0.25, 0.3) is 0 Å². The van der Waals surface area contributed by atoms with Crippen molar-refractivity contribution >= 4 is 5.69 Å². The summed E-state index contributed by atoms with van der Waals surface area (Å²) in [6, 6.07) is 4.80. The lowest BCUT2D eigenvalue weighted by molar-refractivity contribution is -0.385. The average molecular weight is 266 g/mol. The van der Waals surface area contributed by atoms with Gasteiger partial charge in [-0.15, -0.1) is 0 Å². The number of nitrogens with two attached hydrogens (primary N) is 1. The Hall–Kier alpha value is -1.82. The van der Waals surface area contributed by atoms with Crippen LogP contribution in [0.1, 0.15) is 26.2 Å². The van der Waals surface area contributed by atoms with Crippen LogP contribution in [0.2, 0.25) is 0 Å². The Morgan fingerprint density at radius 3 is 2.79 bits per heavy atom. The van der Waals surface area contributed by atoms with Gasteiger partial charge in [0.2, 0.25) is 5.75 Å². The Labute approximate surface area is 111 Å². The second kappa shape index (κ2) is 5.88. The molecule has 0 bridgehead atoms. The van der Waals surface area contributed by atoms with Crippen LogP contribution in [0.5, 0.6) is 11.5 Å². The Bertz CT molecular complexity index is 458. The van der Waals surface area contributed by atoms with E-state index in [4.69, 9.17) is 15.2 Å². The van der Waals surface area contributed by atoms with Crippen molar-refractivity contribution in [2.75, 3.05) is 6.61 Å². The van der Waals surface area contributed by atoms with E-state index in [1.165, 1.54) is 6.07 Å².